The molecule has 0 atom stereocenters. The smallest absolute Gasteiger partial charge is 0.372 e. The molecule has 0 radical (unpaired) electrons. The number of nitrogens with zero attached hydrogens (tertiary/aromatic N) is 2. The van der Waals surface area contributed by atoms with Gasteiger partial charge in [0.15, 0.2) is 0 Å². The number of carbonyl (C=O) groups is 1. The third-order valence-electron chi connectivity index (χ3n) is 2.16. The summed E-state index contributed by atoms with van der Waals surface area (Å²) in [6.45, 7) is 0.556. The van der Waals surface area contributed by atoms with Crippen molar-refractivity contribution in [3.8, 4) is 0 Å². The fraction of sp³-hybridized carbons (Fsp3) is 0.200. The zero-order valence-electron chi connectivity index (χ0n) is 8.27. The molecule has 2 aromatic rings. The normalized spacial score (nSPS) is 10.7. The minimum Gasteiger partial charge on any atom is -0.475 e. The van der Waals surface area contributed by atoms with Gasteiger partial charge in [0.1, 0.15) is 0 Å². The lowest BCUT2D eigenvalue weighted by molar-refractivity contribution is 0.0682. The fourth-order valence-electron chi connectivity index (χ4n) is 1.55. The Hall–Kier alpha value is -1.88. The fourth-order valence-corrected chi connectivity index (χ4v) is 1.55. The Morgan fingerprint density at radius 3 is 3.07 bits per heavy atom. The minimum atomic E-state index is -1.02. The molecular formula is C10H11N3O2. The van der Waals surface area contributed by atoms with Crippen LogP contribution in [-0.4, -0.2) is 27.5 Å². The molecule has 0 fully saturated rings. The second-order valence-corrected chi connectivity index (χ2v) is 3.17. The number of carboxylic acids is 1. The van der Waals surface area contributed by atoms with E-state index in [0.29, 0.717) is 6.54 Å². The Morgan fingerprint density at radius 1 is 1.60 bits per heavy atom. The maximum absolute atomic E-state index is 10.9. The number of hydrogen-bond donors (Lipinski definition) is 2. The van der Waals surface area contributed by atoms with Crippen molar-refractivity contribution in [2.24, 2.45) is 0 Å². The Kier molecular flexibility index (Phi) is 2.39. The van der Waals surface area contributed by atoms with E-state index >= 15 is 0 Å². The van der Waals surface area contributed by atoms with Crippen molar-refractivity contribution >= 4 is 11.5 Å². The van der Waals surface area contributed by atoms with Gasteiger partial charge in [-0.15, -0.1) is 0 Å². The van der Waals surface area contributed by atoms with Gasteiger partial charge in [0, 0.05) is 12.7 Å². The lowest BCUT2D eigenvalue weighted by atomic mass is 10.3. The Labute approximate surface area is 86.4 Å². The maximum Gasteiger partial charge on any atom is 0.372 e. The van der Waals surface area contributed by atoms with Crippen LogP contribution in [0.2, 0.25) is 0 Å². The largest absolute Gasteiger partial charge is 0.475 e. The molecule has 0 aliphatic rings. The lowest BCUT2D eigenvalue weighted by Gasteiger charge is -1.96. The molecule has 2 rings (SSSR count). The Bertz CT molecular complexity index is 504. The highest BCUT2D eigenvalue weighted by Crippen LogP contribution is 2.12. The lowest BCUT2D eigenvalue weighted by Crippen LogP contribution is -2.06. The van der Waals surface area contributed by atoms with E-state index in [4.69, 9.17) is 5.11 Å². The first-order chi connectivity index (χ1) is 7.24. The summed E-state index contributed by atoms with van der Waals surface area (Å²) in [5.74, 6) is -0.964. The second-order valence-electron chi connectivity index (χ2n) is 3.17. The van der Waals surface area contributed by atoms with Crippen LogP contribution in [0.1, 0.15) is 16.3 Å². The van der Waals surface area contributed by atoms with E-state index in [0.717, 1.165) is 11.2 Å². The summed E-state index contributed by atoms with van der Waals surface area (Å²) >= 11 is 0. The predicted octanol–water partition coefficient (Wildman–Crippen LogP) is 0.752. The molecular weight excluding hydrogens is 194 g/mol. The van der Waals surface area contributed by atoms with E-state index in [1.807, 2.05) is 12.1 Å². The van der Waals surface area contributed by atoms with E-state index in [1.165, 1.54) is 0 Å². The molecule has 0 amide bonds. The Morgan fingerprint density at radius 2 is 2.40 bits per heavy atom. The average molecular weight is 205 g/mol. The molecule has 0 saturated heterocycles. The van der Waals surface area contributed by atoms with Crippen molar-refractivity contribution in [1.29, 1.82) is 0 Å². The van der Waals surface area contributed by atoms with Gasteiger partial charge in [-0.1, -0.05) is 6.07 Å². The van der Waals surface area contributed by atoms with Gasteiger partial charge < -0.3 is 10.4 Å². The third kappa shape index (κ3) is 1.57. The number of carboxylic acid groups (broad SMARTS) is 1. The van der Waals surface area contributed by atoms with Crippen LogP contribution in [0, 0.1) is 0 Å². The van der Waals surface area contributed by atoms with Crippen LogP contribution in [0.15, 0.2) is 24.4 Å². The SMILES string of the molecule is CNCc1nc(C(=O)O)n2ccccc12. The molecule has 0 unspecified atom stereocenters. The maximum atomic E-state index is 10.9. The average Bonchev–Trinajstić information content (AvgIpc) is 2.59. The molecule has 0 saturated carbocycles. The monoisotopic (exact) mass is 205 g/mol. The summed E-state index contributed by atoms with van der Waals surface area (Å²) in [5.41, 5.74) is 1.57. The third-order valence-corrected chi connectivity index (χ3v) is 2.16. The van der Waals surface area contributed by atoms with Crippen molar-refractivity contribution in [2.45, 2.75) is 6.54 Å². The molecule has 5 heteroatoms. The molecule has 0 aliphatic carbocycles. The number of nitrogens with one attached hydrogen (secondary N) is 1. The van der Waals surface area contributed by atoms with Gasteiger partial charge in [0.2, 0.25) is 5.82 Å². The number of rotatable bonds is 3. The molecule has 2 heterocycles. The van der Waals surface area contributed by atoms with E-state index in [9.17, 15) is 4.79 Å². The van der Waals surface area contributed by atoms with Gasteiger partial charge in [-0.3, -0.25) is 4.40 Å². The molecule has 0 aliphatic heterocycles. The molecule has 2 N–H and O–H groups in total. The summed E-state index contributed by atoms with van der Waals surface area (Å²) in [6, 6.07) is 5.50. The molecule has 15 heavy (non-hydrogen) atoms. The van der Waals surface area contributed by atoms with E-state index in [1.54, 1.807) is 23.7 Å². The highest BCUT2D eigenvalue weighted by molar-refractivity contribution is 5.85. The van der Waals surface area contributed by atoms with E-state index in [2.05, 4.69) is 10.3 Å². The van der Waals surface area contributed by atoms with Gasteiger partial charge in [0.05, 0.1) is 11.2 Å². The molecule has 2 aromatic heterocycles. The summed E-state index contributed by atoms with van der Waals surface area (Å²) < 4.78 is 1.58. The van der Waals surface area contributed by atoms with Gasteiger partial charge in [-0.25, -0.2) is 9.78 Å². The zero-order valence-corrected chi connectivity index (χ0v) is 8.27. The highest BCUT2D eigenvalue weighted by Gasteiger charge is 2.14. The van der Waals surface area contributed by atoms with Crippen LogP contribution >= 0.6 is 0 Å². The molecule has 78 valence electrons. The van der Waals surface area contributed by atoms with E-state index in [-0.39, 0.29) is 5.82 Å². The van der Waals surface area contributed by atoms with Crippen molar-refractivity contribution < 1.29 is 9.90 Å². The van der Waals surface area contributed by atoms with Crippen molar-refractivity contribution in [2.75, 3.05) is 7.05 Å². The molecule has 0 spiro atoms. The number of aromatic carboxylic acids is 1. The zero-order chi connectivity index (χ0) is 10.8. The van der Waals surface area contributed by atoms with Crippen LogP contribution in [0.3, 0.4) is 0 Å². The van der Waals surface area contributed by atoms with Crippen LogP contribution in [-0.2, 0) is 6.54 Å². The Balaban J connectivity index is 2.67. The van der Waals surface area contributed by atoms with Gasteiger partial charge in [-0.05, 0) is 19.2 Å². The predicted molar refractivity (Wildman–Crippen MR) is 54.9 cm³/mol. The first-order valence-electron chi connectivity index (χ1n) is 4.58. The van der Waals surface area contributed by atoms with Gasteiger partial charge in [-0.2, -0.15) is 0 Å². The first-order valence-corrected chi connectivity index (χ1v) is 4.58. The summed E-state index contributed by atoms with van der Waals surface area (Å²) in [5, 5.41) is 11.9. The minimum absolute atomic E-state index is 0.0517. The second kappa shape index (κ2) is 3.70. The molecule has 0 bridgehead atoms. The number of hydrogen-bond acceptors (Lipinski definition) is 3. The van der Waals surface area contributed by atoms with Crippen molar-refractivity contribution in [1.82, 2.24) is 14.7 Å². The van der Waals surface area contributed by atoms with Gasteiger partial charge in [0.25, 0.3) is 0 Å². The van der Waals surface area contributed by atoms with Gasteiger partial charge >= 0.3 is 5.97 Å². The standard InChI is InChI=1S/C10H11N3O2/c1-11-6-7-8-4-2-3-5-13(8)9(12-7)10(14)15/h2-5,11H,6H2,1H3,(H,14,15). The number of pyridine rings is 1. The first kappa shape index (κ1) is 9.67. The number of imidazole rings is 1. The molecule has 0 aromatic carbocycles. The summed E-state index contributed by atoms with van der Waals surface area (Å²) in [6.07, 6.45) is 1.70. The van der Waals surface area contributed by atoms with E-state index < -0.39 is 5.97 Å². The van der Waals surface area contributed by atoms with Crippen LogP contribution < -0.4 is 5.32 Å². The quantitative estimate of drug-likeness (QED) is 0.776. The van der Waals surface area contributed by atoms with Crippen LogP contribution in [0.4, 0.5) is 0 Å². The number of aromatic nitrogens is 2. The number of fused-ring (bicyclic) bond motifs is 1. The molecule has 5 nitrogen and oxygen atoms in total. The highest BCUT2D eigenvalue weighted by atomic mass is 16.4. The summed E-state index contributed by atoms with van der Waals surface area (Å²) in [7, 11) is 1.80. The van der Waals surface area contributed by atoms with Crippen LogP contribution in [0.5, 0.6) is 0 Å². The van der Waals surface area contributed by atoms with Crippen LogP contribution in [0.25, 0.3) is 5.52 Å². The van der Waals surface area contributed by atoms with Crippen molar-refractivity contribution in [3.05, 3.63) is 35.9 Å². The topological polar surface area (TPSA) is 66.6 Å². The summed E-state index contributed by atoms with van der Waals surface area (Å²) in [4.78, 5) is 15.0. The van der Waals surface area contributed by atoms with Crippen molar-refractivity contribution in [3.63, 3.8) is 0 Å².